The first-order chi connectivity index (χ1) is 8.58. The maximum Gasteiger partial charge on any atom is 0.321 e. The summed E-state index contributed by atoms with van der Waals surface area (Å²) in [4.78, 5) is 13.0. The summed E-state index contributed by atoms with van der Waals surface area (Å²) in [6, 6.07) is 5.85. The molecule has 1 atom stereocenters. The van der Waals surface area contributed by atoms with Gasteiger partial charge in [0.15, 0.2) is 0 Å². The number of amides is 2. The largest absolute Gasteiger partial charge is 0.377 e. The molecule has 1 saturated heterocycles. The van der Waals surface area contributed by atoms with Gasteiger partial charge in [-0.2, -0.15) is 0 Å². The molecular weight excluding hydrogens is 240 g/mol. The molecule has 98 valence electrons. The van der Waals surface area contributed by atoms with Gasteiger partial charge in [0.1, 0.15) is 0 Å². The molecule has 1 aromatic rings. The molecule has 1 aliphatic heterocycles. The van der Waals surface area contributed by atoms with Crippen molar-refractivity contribution in [3.63, 3.8) is 0 Å². The molecular formula is C12H15F2N3O. The summed E-state index contributed by atoms with van der Waals surface area (Å²) in [5, 5.41) is 5.40. The predicted molar refractivity (Wildman–Crippen MR) is 66.3 cm³/mol. The lowest BCUT2D eigenvalue weighted by atomic mass is 10.2. The van der Waals surface area contributed by atoms with Crippen LogP contribution in [0.4, 0.5) is 25.0 Å². The number of nitrogens with one attached hydrogen (secondary N) is 2. The van der Waals surface area contributed by atoms with Crippen molar-refractivity contribution in [2.75, 3.05) is 23.3 Å². The van der Waals surface area contributed by atoms with Crippen molar-refractivity contribution in [2.45, 2.75) is 19.4 Å². The van der Waals surface area contributed by atoms with Gasteiger partial charge in [-0.05, 0) is 31.2 Å². The first-order valence-electron chi connectivity index (χ1n) is 5.78. The van der Waals surface area contributed by atoms with E-state index < -0.39 is 12.5 Å². The molecule has 4 nitrogen and oxygen atoms in total. The molecule has 0 spiro atoms. The standard InChI is InChI=1S/C12H15F2N3O/c1-8(11(13)14)16-9-2-4-10(5-3-9)17-7-6-15-12(17)18/h2-5,8,11,16H,6-7H2,1H3,(H,15,18). The van der Waals surface area contributed by atoms with E-state index in [1.165, 1.54) is 6.92 Å². The van der Waals surface area contributed by atoms with Crippen molar-refractivity contribution in [2.24, 2.45) is 0 Å². The summed E-state index contributed by atoms with van der Waals surface area (Å²) < 4.78 is 24.7. The van der Waals surface area contributed by atoms with E-state index in [2.05, 4.69) is 10.6 Å². The van der Waals surface area contributed by atoms with Gasteiger partial charge in [0, 0.05) is 24.5 Å². The van der Waals surface area contributed by atoms with Crippen LogP contribution in [0.5, 0.6) is 0 Å². The molecule has 1 aliphatic rings. The second-order valence-electron chi connectivity index (χ2n) is 4.20. The van der Waals surface area contributed by atoms with Crippen molar-refractivity contribution in [1.29, 1.82) is 0 Å². The fourth-order valence-electron chi connectivity index (χ4n) is 1.78. The number of hydrogen-bond donors (Lipinski definition) is 2. The van der Waals surface area contributed by atoms with Gasteiger partial charge >= 0.3 is 6.03 Å². The van der Waals surface area contributed by atoms with E-state index in [-0.39, 0.29) is 6.03 Å². The van der Waals surface area contributed by atoms with Crippen molar-refractivity contribution >= 4 is 17.4 Å². The number of halogens is 2. The molecule has 0 radical (unpaired) electrons. The Kier molecular flexibility index (Phi) is 3.64. The molecule has 2 rings (SSSR count). The monoisotopic (exact) mass is 255 g/mol. The Balaban J connectivity index is 2.03. The summed E-state index contributed by atoms with van der Waals surface area (Å²) in [6.45, 7) is 2.67. The minimum atomic E-state index is -2.41. The Morgan fingerprint density at radius 1 is 1.33 bits per heavy atom. The molecule has 2 N–H and O–H groups in total. The summed E-state index contributed by atoms with van der Waals surface area (Å²) in [7, 11) is 0. The summed E-state index contributed by atoms with van der Waals surface area (Å²) in [6.07, 6.45) is -2.41. The Bertz CT molecular complexity index is 422. The molecule has 6 heteroatoms. The topological polar surface area (TPSA) is 44.4 Å². The molecule has 1 fully saturated rings. The Hall–Kier alpha value is -1.85. The zero-order chi connectivity index (χ0) is 13.1. The number of alkyl halides is 2. The molecule has 0 bridgehead atoms. The van der Waals surface area contributed by atoms with Gasteiger partial charge in [-0.3, -0.25) is 4.90 Å². The van der Waals surface area contributed by atoms with E-state index in [9.17, 15) is 13.6 Å². The van der Waals surface area contributed by atoms with Crippen LogP contribution in [0, 0.1) is 0 Å². The van der Waals surface area contributed by atoms with Gasteiger partial charge in [-0.15, -0.1) is 0 Å². The van der Waals surface area contributed by atoms with Crippen LogP contribution in [0.2, 0.25) is 0 Å². The van der Waals surface area contributed by atoms with Crippen LogP contribution in [-0.2, 0) is 0 Å². The van der Waals surface area contributed by atoms with Crippen LogP contribution in [0.25, 0.3) is 0 Å². The zero-order valence-electron chi connectivity index (χ0n) is 9.99. The van der Waals surface area contributed by atoms with Gasteiger partial charge in [0.2, 0.25) is 0 Å². The third-order valence-corrected chi connectivity index (χ3v) is 2.81. The number of rotatable bonds is 4. The van der Waals surface area contributed by atoms with Crippen LogP contribution >= 0.6 is 0 Å². The quantitative estimate of drug-likeness (QED) is 0.867. The van der Waals surface area contributed by atoms with E-state index in [1.807, 2.05) is 0 Å². The number of carbonyl (C=O) groups excluding carboxylic acids is 1. The maximum atomic E-state index is 12.4. The number of nitrogens with zero attached hydrogens (tertiary/aromatic N) is 1. The highest BCUT2D eigenvalue weighted by Gasteiger charge is 2.21. The molecule has 1 unspecified atom stereocenters. The summed E-state index contributed by atoms with van der Waals surface area (Å²) in [5.41, 5.74) is 1.38. The van der Waals surface area contributed by atoms with E-state index in [0.717, 1.165) is 5.69 Å². The van der Waals surface area contributed by atoms with E-state index >= 15 is 0 Å². The third-order valence-electron chi connectivity index (χ3n) is 2.81. The first kappa shape index (κ1) is 12.6. The van der Waals surface area contributed by atoms with E-state index in [4.69, 9.17) is 0 Å². The van der Waals surface area contributed by atoms with E-state index in [0.29, 0.717) is 18.8 Å². The Labute approximate surface area is 104 Å². The van der Waals surface area contributed by atoms with Crippen molar-refractivity contribution in [3.05, 3.63) is 24.3 Å². The first-order valence-corrected chi connectivity index (χ1v) is 5.78. The molecule has 1 aromatic carbocycles. The van der Waals surface area contributed by atoms with Crippen molar-refractivity contribution in [3.8, 4) is 0 Å². The van der Waals surface area contributed by atoms with Gasteiger partial charge in [-0.1, -0.05) is 0 Å². The van der Waals surface area contributed by atoms with Crippen LogP contribution in [0.3, 0.4) is 0 Å². The van der Waals surface area contributed by atoms with Crippen LogP contribution in [0.1, 0.15) is 6.92 Å². The van der Waals surface area contributed by atoms with Crippen LogP contribution in [0.15, 0.2) is 24.3 Å². The molecule has 0 saturated carbocycles. The van der Waals surface area contributed by atoms with Gasteiger partial charge in [0.25, 0.3) is 6.43 Å². The average Bonchev–Trinajstić information content (AvgIpc) is 2.76. The second kappa shape index (κ2) is 5.20. The highest BCUT2D eigenvalue weighted by Crippen LogP contribution is 2.20. The number of hydrogen-bond acceptors (Lipinski definition) is 2. The predicted octanol–water partition coefficient (Wildman–Crippen LogP) is 2.28. The molecule has 0 aromatic heterocycles. The Morgan fingerprint density at radius 3 is 2.50 bits per heavy atom. The highest BCUT2D eigenvalue weighted by molar-refractivity contribution is 5.94. The number of carbonyl (C=O) groups is 1. The second-order valence-corrected chi connectivity index (χ2v) is 4.20. The van der Waals surface area contributed by atoms with Gasteiger partial charge in [0.05, 0.1) is 6.04 Å². The van der Waals surface area contributed by atoms with Gasteiger partial charge < -0.3 is 10.6 Å². The lowest BCUT2D eigenvalue weighted by Gasteiger charge is -2.17. The van der Waals surface area contributed by atoms with Crippen LogP contribution in [-0.4, -0.2) is 31.6 Å². The zero-order valence-corrected chi connectivity index (χ0v) is 9.99. The average molecular weight is 255 g/mol. The lowest BCUT2D eigenvalue weighted by Crippen LogP contribution is -2.27. The number of benzene rings is 1. The SMILES string of the molecule is CC(Nc1ccc(N2CCNC2=O)cc1)C(F)F. The van der Waals surface area contributed by atoms with Crippen molar-refractivity contribution in [1.82, 2.24) is 5.32 Å². The lowest BCUT2D eigenvalue weighted by molar-refractivity contribution is 0.131. The highest BCUT2D eigenvalue weighted by atomic mass is 19.3. The molecule has 2 amide bonds. The molecule has 0 aliphatic carbocycles. The molecule has 18 heavy (non-hydrogen) atoms. The summed E-state index contributed by atoms with van der Waals surface area (Å²) >= 11 is 0. The fraction of sp³-hybridized carbons (Fsp3) is 0.417. The smallest absolute Gasteiger partial charge is 0.321 e. The Morgan fingerprint density at radius 2 is 2.00 bits per heavy atom. The van der Waals surface area contributed by atoms with Crippen molar-refractivity contribution < 1.29 is 13.6 Å². The fourth-order valence-corrected chi connectivity index (χ4v) is 1.78. The third kappa shape index (κ3) is 2.69. The minimum Gasteiger partial charge on any atom is -0.377 e. The minimum absolute atomic E-state index is 0.128. The number of anilines is 2. The summed E-state index contributed by atoms with van der Waals surface area (Å²) in [5.74, 6) is 0. The normalized spacial score (nSPS) is 16.9. The molecule has 1 heterocycles. The number of urea groups is 1. The van der Waals surface area contributed by atoms with Gasteiger partial charge in [-0.25, -0.2) is 13.6 Å². The van der Waals surface area contributed by atoms with Crippen LogP contribution < -0.4 is 15.5 Å². The van der Waals surface area contributed by atoms with E-state index in [1.54, 1.807) is 29.2 Å². The maximum absolute atomic E-state index is 12.4.